The molecule has 0 bridgehead atoms. The third-order valence-electron chi connectivity index (χ3n) is 3.02. The Labute approximate surface area is 74.7 Å². The molecule has 2 heteroatoms. The quantitative estimate of drug-likeness (QED) is 0.691. The Hall–Kier alpha value is -0.110. The molecule has 1 rings (SSSR count). The van der Waals surface area contributed by atoms with E-state index in [0.717, 1.165) is 32.4 Å². The lowest BCUT2D eigenvalue weighted by molar-refractivity contribution is 0.130. The van der Waals surface area contributed by atoms with Crippen LogP contribution in [0.3, 0.4) is 0 Å². The van der Waals surface area contributed by atoms with Gasteiger partial charge in [-0.3, -0.25) is 0 Å². The van der Waals surface area contributed by atoms with Crippen LogP contribution in [0.1, 0.15) is 33.1 Å². The molecule has 2 atom stereocenters. The van der Waals surface area contributed by atoms with Gasteiger partial charge in [-0.1, -0.05) is 20.3 Å². The summed E-state index contributed by atoms with van der Waals surface area (Å²) in [5, 5.41) is 3.26. The van der Waals surface area contributed by atoms with E-state index in [0.29, 0.717) is 5.92 Å². The van der Waals surface area contributed by atoms with Gasteiger partial charge in [-0.15, -0.1) is 0 Å². The van der Waals surface area contributed by atoms with E-state index in [1.807, 2.05) is 6.92 Å². The van der Waals surface area contributed by atoms with Crippen molar-refractivity contribution in [3.8, 4) is 0 Å². The van der Waals surface area contributed by atoms with Crippen LogP contribution in [0.15, 0.2) is 0 Å². The highest BCUT2D eigenvalue weighted by Gasteiger charge is 2.26. The molecular formula is C10H20FN. The van der Waals surface area contributed by atoms with E-state index >= 15 is 0 Å². The number of halogens is 1. The largest absolute Gasteiger partial charge is 0.317 e. The first-order chi connectivity index (χ1) is 5.75. The minimum Gasteiger partial charge on any atom is -0.317 e. The molecule has 0 aromatic heterocycles. The van der Waals surface area contributed by atoms with Crippen molar-refractivity contribution < 1.29 is 4.39 Å². The molecular weight excluding hydrogens is 153 g/mol. The highest BCUT2D eigenvalue weighted by atomic mass is 19.1. The second kappa shape index (κ2) is 4.80. The second-order valence-electron chi connectivity index (χ2n) is 3.92. The molecule has 0 aromatic carbocycles. The van der Waals surface area contributed by atoms with Crippen LogP contribution in [0.25, 0.3) is 0 Å². The summed E-state index contributed by atoms with van der Waals surface area (Å²) in [5.41, 5.74) is 0. The highest BCUT2D eigenvalue weighted by molar-refractivity contribution is 4.78. The first-order valence-corrected chi connectivity index (χ1v) is 5.10. The molecule has 0 aliphatic carbocycles. The Morgan fingerprint density at radius 1 is 1.42 bits per heavy atom. The SMILES string of the molecule is CCC(C)C(F)C1CCNCC1. The monoisotopic (exact) mass is 173 g/mol. The van der Waals surface area contributed by atoms with E-state index in [1.165, 1.54) is 0 Å². The van der Waals surface area contributed by atoms with Crippen molar-refractivity contribution in [2.45, 2.75) is 39.3 Å². The Balaban J connectivity index is 2.33. The van der Waals surface area contributed by atoms with Gasteiger partial charge in [0.05, 0.1) is 0 Å². The molecule has 1 aliphatic rings. The van der Waals surface area contributed by atoms with Crippen molar-refractivity contribution in [2.75, 3.05) is 13.1 Å². The van der Waals surface area contributed by atoms with Gasteiger partial charge in [-0.25, -0.2) is 4.39 Å². The van der Waals surface area contributed by atoms with Crippen LogP contribution >= 0.6 is 0 Å². The molecule has 12 heavy (non-hydrogen) atoms. The van der Waals surface area contributed by atoms with Gasteiger partial charge in [-0.2, -0.15) is 0 Å². The molecule has 0 amide bonds. The summed E-state index contributed by atoms with van der Waals surface area (Å²) >= 11 is 0. The molecule has 1 N–H and O–H groups in total. The Morgan fingerprint density at radius 2 is 2.00 bits per heavy atom. The van der Waals surface area contributed by atoms with Crippen LogP contribution < -0.4 is 5.32 Å². The van der Waals surface area contributed by atoms with E-state index in [9.17, 15) is 4.39 Å². The number of hydrogen-bond donors (Lipinski definition) is 1. The maximum absolute atomic E-state index is 13.7. The molecule has 1 nitrogen and oxygen atoms in total. The molecule has 1 aliphatic heterocycles. The van der Waals surface area contributed by atoms with Crippen LogP contribution in [0.5, 0.6) is 0 Å². The van der Waals surface area contributed by atoms with E-state index in [2.05, 4.69) is 12.2 Å². The van der Waals surface area contributed by atoms with Crippen molar-refractivity contribution in [2.24, 2.45) is 11.8 Å². The van der Waals surface area contributed by atoms with Gasteiger partial charge in [-0.05, 0) is 37.8 Å². The third-order valence-corrected chi connectivity index (χ3v) is 3.02. The first kappa shape index (κ1) is 9.97. The van der Waals surface area contributed by atoms with E-state index < -0.39 is 6.17 Å². The summed E-state index contributed by atoms with van der Waals surface area (Å²) in [6, 6.07) is 0. The summed E-state index contributed by atoms with van der Waals surface area (Å²) < 4.78 is 13.7. The van der Waals surface area contributed by atoms with Crippen molar-refractivity contribution >= 4 is 0 Å². The summed E-state index contributed by atoms with van der Waals surface area (Å²) in [7, 11) is 0. The number of hydrogen-bond acceptors (Lipinski definition) is 1. The zero-order valence-electron chi connectivity index (χ0n) is 8.15. The lowest BCUT2D eigenvalue weighted by Crippen LogP contribution is -2.34. The smallest absolute Gasteiger partial charge is 0.106 e. The summed E-state index contributed by atoms with van der Waals surface area (Å²) in [6.07, 6.45) is 2.43. The fourth-order valence-electron chi connectivity index (χ4n) is 1.85. The minimum atomic E-state index is -0.572. The van der Waals surface area contributed by atoms with E-state index in [1.54, 1.807) is 0 Å². The van der Waals surface area contributed by atoms with Crippen LogP contribution in [-0.4, -0.2) is 19.3 Å². The molecule has 2 unspecified atom stereocenters. The Kier molecular flexibility index (Phi) is 3.99. The number of rotatable bonds is 3. The Bertz CT molecular complexity index is 121. The summed E-state index contributed by atoms with van der Waals surface area (Å²) in [5.74, 6) is 0.564. The van der Waals surface area contributed by atoms with Gasteiger partial charge in [0, 0.05) is 0 Å². The third kappa shape index (κ3) is 2.44. The summed E-state index contributed by atoms with van der Waals surface area (Å²) in [4.78, 5) is 0. The first-order valence-electron chi connectivity index (χ1n) is 5.10. The normalized spacial score (nSPS) is 25.2. The molecule has 0 saturated carbocycles. The fraction of sp³-hybridized carbons (Fsp3) is 1.00. The van der Waals surface area contributed by atoms with Crippen molar-refractivity contribution in [3.05, 3.63) is 0 Å². The van der Waals surface area contributed by atoms with E-state index in [-0.39, 0.29) is 5.92 Å². The maximum Gasteiger partial charge on any atom is 0.106 e. The number of alkyl halides is 1. The van der Waals surface area contributed by atoms with Crippen molar-refractivity contribution in [3.63, 3.8) is 0 Å². The van der Waals surface area contributed by atoms with Crippen LogP contribution in [0, 0.1) is 11.8 Å². The number of nitrogens with one attached hydrogen (secondary N) is 1. The predicted octanol–water partition coefficient (Wildman–Crippen LogP) is 2.37. The number of piperidine rings is 1. The van der Waals surface area contributed by atoms with Gasteiger partial charge in [0.15, 0.2) is 0 Å². The van der Waals surface area contributed by atoms with Crippen molar-refractivity contribution in [1.29, 1.82) is 0 Å². The molecule has 0 radical (unpaired) electrons. The lowest BCUT2D eigenvalue weighted by atomic mass is 9.85. The molecule has 72 valence electrons. The van der Waals surface area contributed by atoms with Gasteiger partial charge < -0.3 is 5.32 Å². The minimum absolute atomic E-state index is 0.244. The van der Waals surface area contributed by atoms with Crippen LogP contribution in [0.4, 0.5) is 4.39 Å². The summed E-state index contributed by atoms with van der Waals surface area (Å²) in [6.45, 7) is 6.09. The van der Waals surface area contributed by atoms with Gasteiger partial charge in [0.1, 0.15) is 6.17 Å². The average Bonchev–Trinajstić information content (AvgIpc) is 2.17. The zero-order valence-corrected chi connectivity index (χ0v) is 8.15. The highest BCUT2D eigenvalue weighted by Crippen LogP contribution is 2.26. The molecule has 1 fully saturated rings. The maximum atomic E-state index is 13.7. The molecule has 0 spiro atoms. The predicted molar refractivity (Wildman–Crippen MR) is 49.9 cm³/mol. The molecule has 1 saturated heterocycles. The van der Waals surface area contributed by atoms with Crippen LogP contribution in [0.2, 0.25) is 0 Å². The average molecular weight is 173 g/mol. The van der Waals surface area contributed by atoms with Gasteiger partial charge in [0.25, 0.3) is 0 Å². The van der Waals surface area contributed by atoms with Gasteiger partial charge in [0.2, 0.25) is 0 Å². The van der Waals surface area contributed by atoms with Crippen LogP contribution in [-0.2, 0) is 0 Å². The van der Waals surface area contributed by atoms with E-state index in [4.69, 9.17) is 0 Å². The zero-order chi connectivity index (χ0) is 8.97. The lowest BCUT2D eigenvalue weighted by Gasteiger charge is -2.28. The standard InChI is InChI=1S/C10H20FN/c1-3-8(2)10(11)9-4-6-12-7-5-9/h8-10,12H,3-7H2,1-2H3. The topological polar surface area (TPSA) is 12.0 Å². The molecule has 1 heterocycles. The van der Waals surface area contributed by atoms with Crippen molar-refractivity contribution in [1.82, 2.24) is 5.32 Å². The van der Waals surface area contributed by atoms with Gasteiger partial charge >= 0.3 is 0 Å². The second-order valence-corrected chi connectivity index (χ2v) is 3.92. The molecule has 0 aromatic rings. The fourth-order valence-corrected chi connectivity index (χ4v) is 1.85. The Morgan fingerprint density at radius 3 is 2.50 bits per heavy atom.